The van der Waals surface area contributed by atoms with Gasteiger partial charge in [-0.3, -0.25) is 4.79 Å². The first-order valence-electron chi connectivity index (χ1n) is 5.90. The van der Waals surface area contributed by atoms with Crippen molar-refractivity contribution >= 4 is 11.9 Å². The summed E-state index contributed by atoms with van der Waals surface area (Å²) in [5.74, 6) is -1.44. The van der Waals surface area contributed by atoms with Crippen LogP contribution in [0.15, 0.2) is 0 Å². The van der Waals surface area contributed by atoms with Crippen molar-refractivity contribution in [2.75, 3.05) is 21.3 Å². The Morgan fingerprint density at radius 3 is 2.39 bits per heavy atom. The maximum absolute atomic E-state index is 11.9. The minimum absolute atomic E-state index is 0.0850. The summed E-state index contributed by atoms with van der Waals surface area (Å²) in [6.07, 6.45) is 0.812. The van der Waals surface area contributed by atoms with Crippen molar-refractivity contribution in [2.45, 2.75) is 44.6 Å². The molecule has 0 bridgehead atoms. The minimum Gasteiger partial charge on any atom is -0.467 e. The number of carbonyl (C=O) groups is 2. The van der Waals surface area contributed by atoms with Crippen LogP contribution in [-0.4, -0.2) is 56.0 Å². The van der Waals surface area contributed by atoms with Gasteiger partial charge < -0.3 is 19.1 Å². The zero-order valence-electron chi connectivity index (χ0n) is 11.6. The fraction of sp³-hybridized carbons (Fsp3) is 0.833. The highest BCUT2D eigenvalue weighted by Crippen LogP contribution is 2.29. The zero-order chi connectivity index (χ0) is 13.9. The van der Waals surface area contributed by atoms with Crippen molar-refractivity contribution in [3.05, 3.63) is 0 Å². The number of esters is 1. The average Bonchev–Trinajstić information content (AvgIpc) is 2.77. The van der Waals surface area contributed by atoms with Gasteiger partial charge in [0.2, 0.25) is 5.91 Å². The molecule has 0 aromatic heterocycles. The third-order valence-corrected chi connectivity index (χ3v) is 3.72. The first-order valence-corrected chi connectivity index (χ1v) is 5.90. The van der Waals surface area contributed by atoms with Crippen LogP contribution in [0.3, 0.4) is 0 Å². The number of hydrogen-bond donors (Lipinski definition) is 0. The molecule has 0 N–H and O–H groups in total. The number of methoxy groups -OCH3 is 3. The lowest BCUT2D eigenvalue weighted by molar-refractivity contribution is -0.229. The van der Waals surface area contributed by atoms with E-state index in [-0.39, 0.29) is 11.9 Å². The van der Waals surface area contributed by atoms with E-state index in [1.807, 2.05) is 0 Å². The molecular formula is C12H21NO5. The molecule has 2 atom stereocenters. The predicted octanol–water partition coefficient (Wildman–Crippen LogP) is 0.548. The van der Waals surface area contributed by atoms with E-state index < -0.39 is 17.8 Å². The summed E-state index contributed by atoms with van der Waals surface area (Å²) >= 11 is 0. The summed E-state index contributed by atoms with van der Waals surface area (Å²) in [6, 6.07) is -0.936. The average molecular weight is 259 g/mol. The van der Waals surface area contributed by atoms with Gasteiger partial charge in [-0.2, -0.15) is 0 Å². The number of ether oxygens (including phenoxy) is 3. The zero-order valence-corrected chi connectivity index (χ0v) is 11.6. The lowest BCUT2D eigenvalue weighted by atomic mass is 10.1. The van der Waals surface area contributed by atoms with Crippen molar-refractivity contribution in [1.82, 2.24) is 4.90 Å². The highest BCUT2D eigenvalue weighted by atomic mass is 16.7. The second kappa shape index (κ2) is 5.67. The van der Waals surface area contributed by atoms with Gasteiger partial charge in [0, 0.05) is 20.6 Å². The van der Waals surface area contributed by atoms with Crippen LogP contribution in [0, 0.1) is 0 Å². The van der Waals surface area contributed by atoms with Crippen LogP contribution in [0.5, 0.6) is 0 Å². The van der Waals surface area contributed by atoms with Crippen LogP contribution in [0.2, 0.25) is 0 Å². The van der Waals surface area contributed by atoms with Gasteiger partial charge in [-0.15, -0.1) is 0 Å². The topological polar surface area (TPSA) is 65.1 Å². The van der Waals surface area contributed by atoms with E-state index in [0.717, 1.165) is 0 Å². The lowest BCUT2D eigenvalue weighted by Crippen LogP contribution is -2.56. The molecule has 0 aromatic rings. The molecule has 6 nitrogen and oxygen atoms in total. The second-order valence-electron chi connectivity index (χ2n) is 4.48. The van der Waals surface area contributed by atoms with Crippen LogP contribution in [0.4, 0.5) is 0 Å². The van der Waals surface area contributed by atoms with Gasteiger partial charge in [0.05, 0.1) is 13.2 Å². The molecule has 0 saturated carbocycles. The van der Waals surface area contributed by atoms with E-state index in [4.69, 9.17) is 14.2 Å². The third kappa shape index (κ3) is 2.49. The summed E-state index contributed by atoms with van der Waals surface area (Å²) < 4.78 is 15.3. The van der Waals surface area contributed by atoms with E-state index in [9.17, 15) is 9.59 Å². The van der Waals surface area contributed by atoms with Crippen LogP contribution < -0.4 is 0 Å². The van der Waals surface area contributed by atoms with Crippen molar-refractivity contribution in [2.24, 2.45) is 0 Å². The van der Waals surface area contributed by atoms with E-state index in [1.165, 1.54) is 26.2 Å². The van der Waals surface area contributed by atoms with E-state index in [1.54, 1.807) is 13.8 Å². The fourth-order valence-corrected chi connectivity index (χ4v) is 2.23. The first-order chi connectivity index (χ1) is 8.41. The first kappa shape index (κ1) is 14.9. The molecule has 1 heterocycles. The molecule has 0 spiro atoms. The Morgan fingerprint density at radius 1 is 1.39 bits per heavy atom. The summed E-state index contributed by atoms with van der Waals surface area (Å²) in [6.45, 7) is 3.53. The monoisotopic (exact) mass is 259 g/mol. The Morgan fingerprint density at radius 2 is 1.94 bits per heavy atom. The van der Waals surface area contributed by atoms with Crippen LogP contribution in [-0.2, 0) is 23.8 Å². The van der Waals surface area contributed by atoms with Crippen molar-refractivity contribution in [1.29, 1.82) is 0 Å². The number of likely N-dealkylation sites (tertiary alicyclic amines) is 1. The van der Waals surface area contributed by atoms with Gasteiger partial charge in [0.1, 0.15) is 6.04 Å². The Bertz CT molecular complexity index is 326. The summed E-state index contributed by atoms with van der Waals surface area (Å²) in [5.41, 5.74) is 0. The maximum Gasteiger partial charge on any atom is 0.328 e. The number of carbonyl (C=O) groups excluding carboxylic acids is 2. The molecule has 1 aliphatic heterocycles. The quantitative estimate of drug-likeness (QED) is 0.533. The SMILES string of the molecule is COC(=O)C1CCC(=O)N1C(C)C(C)(OC)OC. The summed E-state index contributed by atoms with van der Waals surface area (Å²) in [7, 11) is 4.33. The molecule has 0 aromatic carbocycles. The fourth-order valence-electron chi connectivity index (χ4n) is 2.23. The van der Waals surface area contributed by atoms with Crippen LogP contribution >= 0.6 is 0 Å². The molecule has 6 heteroatoms. The normalized spacial score (nSPS) is 22.2. The molecule has 104 valence electrons. The largest absolute Gasteiger partial charge is 0.467 e. The minimum atomic E-state index is -0.952. The molecule has 1 rings (SSSR count). The molecule has 1 amide bonds. The van der Waals surface area contributed by atoms with E-state index in [0.29, 0.717) is 12.8 Å². The molecule has 0 radical (unpaired) electrons. The third-order valence-electron chi connectivity index (χ3n) is 3.72. The number of hydrogen-bond acceptors (Lipinski definition) is 5. The molecular weight excluding hydrogens is 238 g/mol. The molecule has 18 heavy (non-hydrogen) atoms. The smallest absolute Gasteiger partial charge is 0.328 e. The van der Waals surface area contributed by atoms with Crippen molar-refractivity contribution in [3.63, 3.8) is 0 Å². The highest BCUT2D eigenvalue weighted by molar-refractivity contribution is 5.88. The lowest BCUT2D eigenvalue weighted by Gasteiger charge is -2.40. The van der Waals surface area contributed by atoms with Gasteiger partial charge in [-0.05, 0) is 20.3 Å². The predicted molar refractivity (Wildman–Crippen MR) is 63.8 cm³/mol. The van der Waals surface area contributed by atoms with E-state index in [2.05, 4.69) is 0 Å². The molecule has 0 aliphatic carbocycles. The van der Waals surface area contributed by atoms with Crippen molar-refractivity contribution in [3.8, 4) is 0 Å². The molecule has 1 aliphatic rings. The highest BCUT2D eigenvalue weighted by Gasteiger charge is 2.46. The number of amides is 1. The van der Waals surface area contributed by atoms with Crippen LogP contribution in [0.1, 0.15) is 26.7 Å². The summed E-state index contributed by atoms with van der Waals surface area (Å²) in [4.78, 5) is 25.1. The molecule has 1 fully saturated rings. The number of rotatable bonds is 5. The van der Waals surface area contributed by atoms with Gasteiger partial charge in [0.25, 0.3) is 0 Å². The molecule has 1 saturated heterocycles. The van der Waals surface area contributed by atoms with E-state index >= 15 is 0 Å². The van der Waals surface area contributed by atoms with Crippen molar-refractivity contribution < 1.29 is 23.8 Å². The Kier molecular flexibility index (Phi) is 4.70. The Labute approximate surface area is 107 Å². The van der Waals surface area contributed by atoms with Gasteiger partial charge in [-0.25, -0.2) is 4.79 Å². The Balaban J connectivity index is 2.96. The second-order valence-corrected chi connectivity index (χ2v) is 4.48. The van der Waals surface area contributed by atoms with Gasteiger partial charge in [-0.1, -0.05) is 0 Å². The molecule has 2 unspecified atom stereocenters. The van der Waals surface area contributed by atoms with Gasteiger partial charge in [0.15, 0.2) is 5.79 Å². The van der Waals surface area contributed by atoms with Crippen LogP contribution in [0.25, 0.3) is 0 Å². The summed E-state index contributed by atoms with van der Waals surface area (Å²) in [5, 5.41) is 0. The van der Waals surface area contributed by atoms with Gasteiger partial charge >= 0.3 is 5.97 Å². The number of nitrogens with zero attached hydrogens (tertiary/aromatic N) is 1. The Hall–Kier alpha value is -1.14. The standard InChI is InChI=1S/C12H21NO5/c1-8(12(2,17-4)18-5)13-9(11(15)16-3)6-7-10(13)14/h8-9H,6-7H2,1-5H3. The maximum atomic E-state index is 11.9.